The summed E-state index contributed by atoms with van der Waals surface area (Å²) in [6, 6.07) is 9.65. The van der Waals surface area contributed by atoms with Crippen molar-refractivity contribution in [3.63, 3.8) is 0 Å². The van der Waals surface area contributed by atoms with Gasteiger partial charge in [-0.25, -0.2) is 14.8 Å². The fourth-order valence-corrected chi connectivity index (χ4v) is 3.25. The largest absolute Gasteiger partial charge is 0.332 e. The van der Waals surface area contributed by atoms with E-state index in [1.165, 1.54) is 11.6 Å². The third-order valence-electron chi connectivity index (χ3n) is 3.93. The van der Waals surface area contributed by atoms with Gasteiger partial charge >= 0.3 is 5.69 Å². The lowest BCUT2D eigenvalue weighted by Crippen LogP contribution is -2.37. The predicted molar refractivity (Wildman–Crippen MR) is 96.5 cm³/mol. The molecule has 2 aromatic heterocycles. The van der Waals surface area contributed by atoms with Crippen molar-refractivity contribution in [3.8, 4) is 17.5 Å². The molecule has 1 aromatic carbocycles. The van der Waals surface area contributed by atoms with Gasteiger partial charge in [0.2, 0.25) is 0 Å². The number of nitrogens with zero attached hydrogens (tertiary/aromatic N) is 5. The number of hydrogen-bond acceptors (Lipinski definition) is 6. The van der Waals surface area contributed by atoms with Crippen LogP contribution in [0.2, 0.25) is 0 Å². The highest BCUT2D eigenvalue weighted by molar-refractivity contribution is 7.99. The second kappa shape index (κ2) is 6.53. The molecule has 2 heterocycles. The van der Waals surface area contributed by atoms with Gasteiger partial charge in [-0.1, -0.05) is 36.0 Å². The van der Waals surface area contributed by atoms with Crippen molar-refractivity contribution < 1.29 is 0 Å². The molecule has 0 amide bonds. The minimum Gasteiger partial charge on any atom is -0.280 e. The summed E-state index contributed by atoms with van der Waals surface area (Å²) < 4.78 is 2.35. The minimum absolute atomic E-state index is 0.144. The highest BCUT2D eigenvalue weighted by atomic mass is 32.2. The zero-order chi connectivity index (χ0) is 18.1. The summed E-state index contributed by atoms with van der Waals surface area (Å²) in [5, 5.41) is 9.56. The summed E-state index contributed by atoms with van der Waals surface area (Å²) in [4.78, 5) is 33.8. The van der Waals surface area contributed by atoms with E-state index in [4.69, 9.17) is 5.26 Å². The van der Waals surface area contributed by atoms with Gasteiger partial charge in [0.25, 0.3) is 5.56 Å². The number of rotatable bonds is 3. The third-order valence-corrected chi connectivity index (χ3v) is 4.77. The average Bonchev–Trinajstić information content (AvgIpc) is 2.62. The number of aryl methyl sites for hydroxylation is 2. The van der Waals surface area contributed by atoms with E-state index in [9.17, 15) is 9.59 Å². The Bertz CT molecular complexity index is 1140. The molecule has 0 N–H and O–H groups in total. The van der Waals surface area contributed by atoms with E-state index in [1.807, 2.05) is 37.3 Å². The molecule has 0 fully saturated rings. The zero-order valence-electron chi connectivity index (χ0n) is 14.0. The van der Waals surface area contributed by atoms with Crippen molar-refractivity contribution in [2.75, 3.05) is 5.75 Å². The van der Waals surface area contributed by atoms with Crippen molar-refractivity contribution in [1.29, 1.82) is 5.26 Å². The van der Waals surface area contributed by atoms with Crippen LogP contribution in [-0.2, 0) is 14.1 Å². The Morgan fingerprint density at radius 1 is 1.16 bits per heavy atom. The average molecular weight is 353 g/mol. The first-order valence-corrected chi connectivity index (χ1v) is 8.47. The maximum atomic E-state index is 12.6. The molecule has 0 spiro atoms. The van der Waals surface area contributed by atoms with Crippen LogP contribution >= 0.6 is 11.8 Å². The number of fused-ring (bicyclic) bond motifs is 1. The molecule has 0 aliphatic rings. The smallest absolute Gasteiger partial charge is 0.280 e. The summed E-state index contributed by atoms with van der Waals surface area (Å²) in [7, 11) is 2.98. The van der Waals surface area contributed by atoms with Crippen LogP contribution in [0.3, 0.4) is 0 Å². The number of benzene rings is 1. The number of nitriles is 1. The first-order chi connectivity index (χ1) is 12.0. The first-order valence-electron chi connectivity index (χ1n) is 7.49. The van der Waals surface area contributed by atoms with Crippen LogP contribution in [0.25, 0.3) is 22.4 Å². The summed E-state index contributed by atoms with van der Waals surface area (Å²) in [5.74, 6) is 0.569. The Morgan fingerprint density at radius 3 is 2.56 bits per heavy atom. The maximum Gasteiger partial charge on any atom is 0.332 e. The number of aromatic nitrogens is 4. The van der Waals surface area contributed by atoms with Crippen LogP contribution in [0.15, 0.2) is 38.9 Å². The molecule has 0 saturated carbocycles. The SMILES string of the molecule is Cc1ccccc1-c1nc(SCC#N)c2c(=O)n(C)c(=O)n(C)c2n1. The lowest BCUT2D eigenvalue weighted by atomic mass is 10.1. The highest BCUT2D eigenvalue weighted by Gasteiger charge is 2.18. The van der Waals surface area contributed by atoms with Crippen LogP contribution in [-0.4, -0.2) is 24.9 Å². The van der Waals surface area contributed by atoms with Crippen molar-refractivity contribution in [3.05, 3.63) is 50.7 Å². The quantitative estimate of drug-likeness (QED) is 0.525. The molecule has 0 aliphatic carbocycles. The van der Waals surface area contributed by atoms with Gasteiger partial charge in [0, 0.05) is 19.7 Å². The van der Waals surface area contributed by atoms with Gasteiger partial charge < -0.3 is 0 Å². The lowest BCUT2D eigenvalue weighted by molar-refractivity contribution is 0.703. The summed E-state index contributed by atoms with van der Waals surface area (Å²) in [6.45, 7) is 1.94. The number of hydrogen-bond donors (Lipinski definition) is 0. The molecule has 0 unspecified atom stereocenters. The molecule has 3 rings (SSSR count). The highest BCUT2D eigenvalue weighted by Crippen LogP contribution is 2.27. The molecular weight excluding hydrogens is 338 g/mol. The minimum atomic E-state index is -0.463. The Hall–Kier alpha value is -2.92. The Balaban J connectivity index is 2.44. The standard InChI is InChI=1S/C17H15N5O2S/c1-10-6-4-5-7-11(10)13-19-14-12(15(20-13)25-9-8-18)16(23)22(3)17(24)21(14)2/h4-7H,9H2,1-3H3. The van der Waals surface area contributed by atoms with Gasteiger partial charge in [-0.05, 0) is 12.5 Å². The van der Waals surface area contributed by atoms with Crippen LogP contribution in [0.5, 0.6) is 0 Å². The molecule has 0 atom stereocenters. The summed E-state index contributed by atoms with van der Waals surface area (Å²) in [6.07, 6.45) is 0. The molecule has 0 bridgehead atoms. The first kappa shape index (κ1) is 16.9. The van der Waals surface area contributed by atoms with Crippen molar-refractivity contribution >= 4 is 22.8 Å². The molecule has 0 radical (unpaired) electrons. The molecular formula is C17H15N5O2S. The second-order valence-electron chi connectivity index (χ2n) is 5.52. The van der Waals surface area contributed by atoms with Gasteiger partial charge in [-0.2, -0.15) is 5.26 Å². The second-order valence-corrected chi connectivity index (χ2v) is 6.48. The van der Waals surface area contributed by atoms with Gasteiger partial charge in [0.1, 0.15) is 10.4 Å². The zero-order valence-corrected chi connectivity index (χ0v) is 14.8. The molecule has 8 heteroatoms. The van der Waals surface area contributed by atoms with E-state index < -0.39 is 11.2 Å². The molecule has 0 aliphatic heterocycles. The summed E-state index contributed by atoms with van der Waals surface area (Å²) in [5.41, 5.74) is 1.14. The monoisotopic (exact) mass is 353 g/mol. The van der Waals surface area contributed by atoms with Gasteiger partial charge in [-0.15, -0.1) is 0 Å². The van der Waals surface area contributed by atoms with E-state index in [1.54, 1.807) is 7.05 Å². The normalized spacial score (nSPS) is 10.8. The molecule has 0 saturated heterocycles. The van der Waals surface area contributed by atoms with Crippen LogP contribution < -0.4 is 11.2 Å². The fraction of sp³-hybridized carbons (Fsp3) is 0.235. The van der Waals surface area contributed by atoms with E-state index >= 15 is 0 Å². The van der Waals surface area contributed by atoms with Crippen molar-refractivity contribution in [1.82, 2.24) is 19.1 Å². The van der Waals surface area contributed by atoms with E-state index in [0.29, 0.717) is 10.9 Å². The van der Waals surface area contributed by atoms with E-state index in [2.05, 4.69) is 9.97 Å². The predicted octanol–water partition coefficient (Wildman–Crippen LogP) is 1.62. The maximum absolute atomic E-state index is 12.6. The molecule has 126 valence electrons. The Kier molecular flexibility index (Phi) is 4.42. The van der Waals surface area contributed by atoms with Gasteiger partial charge in [0.15, 0.2) is 11.5 Å². The van der Waals surface area contributed by atoms with Crippen molar-refractivity contribution in [2.45, 2.75) is 11.9 Å². The lowest BCUT2D eigenvalue weighted by Gasteiger charge is -2.12. The van der Waals surface area contributed by atoms with E-state index in [0.717, 1.165) is 27.5 Å². The van der Waals surface area contributed by atoms with Gasteiger partial charge in [-0.3, -0.25) is 13.9 Å². The third kappa shape index (κ3) is 2.83. The topological polar surface area (TPSA) is 93.6 Å². The Labute approximate surface area is 147 Å². The Morgan fingerprint density at radius 2 is 1.88 bits per heavy atom. The fourth-order valence-electron chi connectivity index (χ4n) is 2.58. The molecule has 3 aromatic rings. The molecule has 25 heavy (non-hydrogen) atoms. The van der Waals surface area contributed by atoms with Crippen LogP contribution in [0, 0.1) is 18.3 Å². The van der Waals surface area contributed by atoms with E-state index in [-0.39, 0.29) is 16.8 Å². The molecule has 7 nitrogen and oxygen atoms in total. The van der Waals surface area contributed by atoms with Crippen LogP contribution in [0.1, 0.15) is 5.56 Å². The van der Waals surface area contributed by atoms with Gasteiger partial charge in [0.05, 0.1) is 11.8 Å². The van der Waals surface area contributed by atoms with Crippen LogP contribution in [0.4, 0.5) is 0 Å². The number of thioether (sulfide) groups is 1. The summed E-state index contributed by atoms with van der Waals surface area (Å²) >= 11 is 1.16. The van der Waals surface area contributed by atoms with Crippen molar-refractivity contribution in [2.24, 2.45) is 14.1 Å².